The topological polar surface area (TPSA) is 77.8 Å². The lowest BCUT2D eigenvalue weighted by Crippen LogP contribution is -2.18. The maximum Gasteiger partial charge on any atom is 0.332 e. The third-order valence-electron chi connectivity index (χ3n) is 2.52. The van der Waals surface area contributed by atoms with Gasteiger partial charge in [0.2, 0.25) is 0 Å². The van der Waals surface area contributed by atoms with Gasteiger partial charge in [0.25, 0.3) is 0 Å². The summed E-state index contributed by atoms with van der Waals surface area (Å²) in [5, 5.41) is 26.6. The summed E-state index contributed by atoms with van der Waals surface area (Å²) in [6.45, 7) is 1.95. The van der Waals surface area contributed by atoms with Crippen LogP contribution in [-0.2, 0) is 4.79 Å². The van der Waals surface area contributed by atoms with Crippen LogP contribution in [0.5, 0.6) is 0 Å². The van der Waals surface area contributed by atoms with Crippen molar-refractivity contribution in [3.63, 3.8) is 0 Å². The van der Waals surface area contributed by atoms with E-state index >= 15 is 0 Å². The zero-order valence-corrected chi connectivity index (χ0v) is 9.35. The molecule has 0 aliphatic heterocycles. The fourth-order valence-electron chi connectivity index (χ4n) is 1.40. The van der Waals surface area contributed by atoms with Crippen LogP contribution in [0.3, 0.4) is 0 Å². The lowest BCUT2D eigenvalue weighted by atomic mass is 10.1. The molecule has 0 aliphatic carbocycles. The normalized spacial score (nSPS) is 14.9. The van der Waals surface area contributed by atoms with Gasteiger partial charge in [-0.3, -0.25) is 0 Å². The van der Waals surface area contributed by atoms with E-state index in [1.807, 2.05) is 6.92 Å². The van der Waals surface area contributed by atoms with Gasteiger partial charge in [0.05, 0.1) is 6.10 Å². The summed E-state index contributed by atoms with van der Waals surface area (Å²) in [6, 6.07) is 0. The monoisotopic (exact) mass is 218 g/mol. The molecule has 0 saturated heterocycles. The molecule has 0 aromatic heterocycles. The van der Waals surface area contributed by atoms with Crippen molar-refractivity contribution in [2.24, 2.45) is 0 Å². The van der Waals surface area contributed by atoms with Crippen molar-refractivity contribution in [3.05, 3.63) is 0 Å². The van der Waals surface area contributed by atoms with Crippen molar-refractivity contribution in [1.82, 2.24) is 0 Å². The smallest absolute Gasteiger partial charge is 0.332 e. The molecule has 0 bridgehead atoms. The van der Waals surface area contributed by atoms with E-state index in [4.69, 9.17) is 10.2 Å². The summed E-state index contributed by atoms with van der Waals surface area (Å²) < 4.78 is 0. The molecule has 3 N–H and O–H groups in total. The zero-order chi connectivity index (χ0) is 11.7. The minimum Gasteiger partial charge on any atom is -0.479 e. The van der Waals surface area contributed by atoms with Crippen LogP contribution < -0.4 is 0 Å². The van der Waals surface area contributed by atoms with E-state index in [-0.39, 0.29) is 6.10 Å². The molecular weight excluding hydrogens is 196 g/mol. The number of carboxylic acid groups (broad SMARTS) is 1. The number of hydrogen-bond donors (Lipinski definition) is 3. The first kappa shape index (κ1) is 14.4. The lowest BCUT2D eigenvalue weighted by molar-refractivity contribution is -0.146. The van der Waals surface area contributed by atoms with Gasteiger partial charge in [-0.1, -0.05) is 32.6 Å². The molecule has 4 nitrogen and oxygen atoms in total. The van der Waals surface area contributed by atoms with E-state index < -0.39 is 12.1 Å². The first-order chi connectivity index (χ1) is 7.07. The maximum absolute atomic E-state index is 10.3. The molecule has 0 radical (unpaired) electrons. The first-order valence-corrected chi connectivity index (χ1v) is 5.66. The van der Waals surface area contributed by atoms with Crippen LogP contribution in [0.2, 0.25) is 0 Å². The SMILES string of the molecule is CCC(O)CCCCCCC(O)C(=O)O. The average molecular weight is 218 g/mol. The molecular formula is C11H22O4. The minimum atomic E-state index is -1.22. The minimum absolute atomic E-state index is 0.199. The van der Waals surface area contributed by atoms with Crippen molar-refractivity contribution in [2.75, 3.05) is 0 Å². The second kappa shape index (κ2) is 8.68. The van der Waals surface area contributed by atoms with Crippen LogP contribution in [0, 0.1) is 0 Å². The van der Waals surface area contributed by atoms with Crippen LogP contribution in [0.4, 0.5) is 0 Å². The van der Waals surface area contributed by atoms with E-state index in [0.717, 1.165) is 38.5 Å². The van der Waals surface area contributed by atoms with Gasteiger partial charge in [-0.2, -0.15) is 0 Å². The molecule has 0 heterocycles. The van der Waals surface area contributed by atoms with Crippen LogP contribution >= 0.6 is 0 Å². The molecule has 0 rings (SSSR count). The van der Waals surface area contributed by atoms with Crippen molar-refractivity contribution in [2.45, 2.75) is 64.1 Å². The number of unbranched alkanes of at least 4 members (excludes halogenated alkanes) is 3. The van der Waals surface area contributed by atoms with Gasteiger partial charge in [0.1, 0.15) is 0 Å². The third-order valence-corrected chi connectivity index (χ3v) is 2.52. The Morgan fingerprint density at radius 1 is 1.07 bits per heavy atom. The highest BCUT2D eigenvalue weighted by Gasteiger charge is 2.11. The van der Waals surface area contributed by atoms with E-state index in [1.165, 1.54) is 0 Å². The fourth-order valence-corrected chi connectivity index (χ4v) is 1.40. The Labute approximate surface area is 90.9 Å². The van der Waals surface area contributed by atoms with E-state index in [9.17, 15) is 9.90 Å². The molecule has 0 spiro atoms. The number of hydrogen-bond acceptors (Lipinski definition) is 3. The molecule has 0 fully saturated rings. The molecule has 0 aromatic carbocycles. The molecule has 0 saturated carbocycles. The van der Waals surface area contributed by atoms with Gasteiger partial charge < -0.3 is 15.3 Å². The number of aliphatic carboxylic acids is 1. The fraction of sp³-hybridized carbons (Fsp3) is 0.909. The maximum atomic E-state index is 10.3. The van der Waals surface area contributed by atoms with Crippen LogP contribution in [0.15, 0.2) is 0 Å². The molecule has 0 aromatic rings. The number of carboxylic acids is 1. The molecule has 0 amide bonds. The third kappa shape index (κ3) is 8.39. The largest absolute Gasteiger partial charge is 0.479 e. The Kier molecular flexibility index (Phi) is 8.33. The van der Waals surface area contributed by atoms with Gasteiger partial charge in [-0.25, -0.2) is 4.79 Å². The summed E-state index contributed by atoms with van der Waals surface area (Å²) in [4.78, 5) is 10.3. The predicted molar refractivity (Wildman–Crippen MR) is 57.6 cm³/mol. The molecule has 15 heavy (non-hydrogen) atoms. The number of carbonyl (C=O) groups is 1. The van der Waals surface area contributed by atoms with Gasteiger partial charge in [-0.05, 0) is 19.3 Å². The lowest BCUT2D eigenvalue weighted by Gasteiger charge is -2.07. The molecule has 2 unspecified atom stereocenters. The Balaban J connectivity index is 3.21. The Bertz CT molecular complexity index is 170. The quantitative estimate of drug-likeness (QED) is 0.513. The van der Waals surface area contributed by atoms with E-state index in [1.54, 1.807) is 0 Å². The standard InChI is InChI=1S/C11H22O4/c1-2-9(12)7-5-3-4-6-8-10(13)11(14)15/h9-10,12-13H,2-8H2,1H3,(H,14,15). The number of aliphatic hydroxyl groups is 2. The highest BCUT2D eigenvalue weighted by molar-refractivity contribution is 5.71. The zero-order valence-electron chi connectivity index (χ0n) is 9.35. The Morgan fingerprint density at radius 3 is 2.07 bits per heavy atom. The summed E-state index contributed by atoms with van der Waals surface area (Å²) in [5.74, 6) is -1.14. The summed E-state index contributed by atoms with van der Waals surface area (Å²) >= 11 is 0. The Morgan fingerprint density at radius 2 is 1.60 bits per heavy atom. The molecule has 90 valence electrons. The van der Waals surface area contributed by atoms with Crippen LogP contribution in [0.1, 0.15) is 51.9 Å². The summed E-state index contributed by atoms with van der Waals surface area (Å²) in [6.07, 6.45) is 4.13. The second-order valence-corrected chi connectivity index (χ2v) is 3.91. The number of aliphatic hydroxyl groups excluding tert-OH is 2. The predicted octanol–water partition coefficient (Wildman–Crippen LogP) is 1.54. The van der Waals surface area contributed by atoms with Gasteiger partial charge >= 0.3 is 5.97 Å². The van der Waals surface area contributed by atoms with E-state index in [0.29, 0.717) is 6.42 Å². The van der Waals surface area contributed by atoms with Crippen molar-refractivity contribution in [1.29, 1.82) is 0 Å². The van der Waals surface area contributed by atoms with Gasteiger partial charge in [-0.15, -0.1) is 0 Å². The highest BCUT2D eigenvalue weighted by atomic mass is 16.4. The first-order valence-electron chi connectivity index (χ1n) is 5.66. The number of rotatable bonds is 9. The van der Waals surface area contributed by atoms with Crippen LogP contribution in [0.25, 0.3) is 0 Å². The average Bonchev–Trinajstić information content (AvgIpc) is 2.22. The summed E-state index contributed by atoms with van der Waals surface area (Å²) in [5.41, 5.74) is 0. The van der Waals surface area contributed by atoms with Crippen molar-refractivity contribution >= 4 is 5.97 Å². The van der Waals surface area contributed by atoms with Crippen molar-refractivity contribution in [3.8, 4) is 0 Å². The van der Waals surface area contributed by atoms with Crippen molar-refractivity contribution < 1.29 is 20.1 Å². The molecule has 2 atom stereocenters. The van der Waals surface area contributed by atoms with E-state index in [2.05, 4.69) is 0 Å². The molecule has 0 aliphatic rings. The highest BCUT2D eigenvalue weighted by Crippen LogP contribution is 2.10. The van der Waals surface area contributed by atoms with Gasteiger partial charge in [0, 0.05) is 0 Å². The second-order valence-electron chi connectivity index (χ2n) is 3.91. The van der Waals surface area contributed by atoms with Crippen LogP contribution in [-0.4, -0.2) is 33.5 Å². The molecule has 4 heteroatoms. The Hall–Kier alpha value is -0.610. The summed E-state index contributed by atoms with van der Waals surface area (Å²) in [7, 11) is 0. The van der Waals surface area contributed by atoms with Gasteiger partial charge in [0.15, 0.2) is 6.10 Å².